The molecule has 31 heavy (non-hydrogen) atoms. The minimum atomic E-state index is -0.673. The number of nitrogens with zero attached hydrogens (tertiary/aromatic N) is 2. The highest BCUT2D eigenvalue weighted by Crippen LogP contribution is 2.34. The van der Waals surface area contributed by atoms with E-state index in [1.54, 1.807) is 12.1 Å². The summed E-state index contributed by atoms with van der Waals surface area (Å²) in [6.07, 6.45) is 0. The minimum Gasteiger partial charge on any atom is -0.451 e. The highest BCUT2D eigenvalue weighted by Gasteiger charge is 2.18. The largest absolute Gasteiger partial charge is 0.451 e. The lowest BCUT2D eigenvalue weighted by molar-refractivity contribution is -0.383. The molecule has 9 nitrogen and oxygen atoms in total. The van der Waals surface area contributed by atoms with Gasteiger partial charge < -0.3 is 15.4 Å². The third-order valence-electron chi connectivity index (χ3n) is 4.02. The zero-order valence-electron chi connectivity index (χ0n) is 15.7. The Labute approximate surface area is 183 Å². The predicted octanol–water partition coefficient (Wildman–Crippen LogP) is 4.81. The van der Waals surface area contributed by atoms with E-state index in [1.807, 2.05) is 30.3 Å². The number of thiazole rings is 1. The number of nitro groups is 1. The lowest BCUT2D eigenvalue weighted by atomic mass is 10.2. The molecule has 0 saturated carbocycles. The molecule has 2 heterocycles. The number of carbonyl (C=O) groups excluding carboxylic acids is 2. The van der Waals surface area contributed by atoms with E-state index in [-0.39, 0.29) is 11.4 Å². The van der Waals surface area contributed by atoms with Crippen LogP contribution in [0.15, 0.2) is 60.7 Å². The van der Waals surface area contributed by atoms with Crippen molar-refractivity contribution >= 4 is 66.3 Å². The number of benzene rings is 2. The summed E-state index contributed by atoms with van der Waals surface area (Å²) in [6.45, 7) is -0.565. The van der Waals surface area contributed by atoms with Crippen LogP contribution in [0.5, 0.6) is 0 Å². The first kappa shape index (κ1) is 20.4. The number of para-hydroxylation sites is 3. The average molecular weight is 454 g/mol. The van der Waals surface area contributed by atoms with Crippen molar-refractivity contribution in [2.45, 2.75) is 0 Å². The molecule has 0 fully saturated rings. The van der Waals surface area contributed by atoms with E-state index in [9.17, 15) is 19.7 Å². The zero-order chi connectivity index (χ0) is 21.8. The Morgan fingerprint density at radius 1 is 1.06 bits per heavy atom. The Balaban J connectivity index is 1.36. The zero-order valence-corrected chi connectivity index (χ0v) is 17.4. The molecule has 1 amide bonds. The third kappa shape index (κ3) is 4.85. The first-order valence-electron chi connectivity index (χ1n) is 8.92. The molecule has 4 rings (SSSR count). The van der Waals surface area contributed by atoms with E-state index in [2.05, 4.69) is 15.6 Å². The molecule has 0 bridgehead atoms. The number of amides is 1. The standard InChI is InChI=1S/C20H14N4O5S2/c25-17(22-13-8-4-5-9-14(13)24(27)28)11-29-19(26)16-10-15-18(30-16)23-20(31-15)21-12-6-2-1-3-7-12/h1-10H,11H2,(H,21,23)(H,22,25). The molecule has 2 aromatic carbocycles. The first-order valence-corrected chi connectivity index (χ1v) is 10.6. The lowest BCUT2D eigenvalue weighted by Gasteiger charge is -2.06. The van der Waals surface area contributed by atoms with Crippen LogP contribution in [0.2, 0.25) is 0 Å². The summed E-state index contributed by atoms with van der Waals surface area (Å²) < 4.78 is 5.86. The van der Waals surface area contributed by atoms with Gasteiger partial charge in [0.05, 0.1) is 9.62 Å². The van der Waals surface area contributed by atoms with Crippen molar-refractivity contribution in [1.82, 2.24) is 4.98 Å². The second kappa shape index (κ2) is 8.90. The van der Waals surface area contributed by atoms with Crippen LogP contribution in [0.1, 0.15) is 9.67 Å². The highest BCUT2D eigenvalue weighted by atomic mass is 32.1. The van der Waals surface area contributed by atoms with Crippen LogP contribution < -0.4 is 10.6 Å². The number of aromatic nitrogens is 1. The van der Waals surface area contributed by atoms with Crippen molar-refractivity contribution in [3.63, 3.8) is 0 Å². The van der Waals surface area contributed by atoms with Crippen molar-refractivity contribution < 1.29 is 19.2 Å². The number of carbonyl (C=O) groups is 2. The molecule has 0 unspecified atom stereocenters. The van der Waals surface area contributed by atoms with Crippen molar-refractivity contribution in [1.29, 1.82) is 0 Å². The smallest absolute Gasteiger partial charge is 0.348 e. The molecular weight excluding hydrogens is 440 g/mol. The molecule has 0 aliphatic carbocycles. The van der Waals surface area contributed by atoms with E-state index in [4.69, 9.17) is 4.74 Å². The summed E-state index contributed by atoms with van der Waals surface area (Å²) in [6, 6.07) is 17.0. The van der Waals surface area contributed by atoms with E-state index < -0.39 is 23.4 Å². The quantitative estimate of drug-likeness (QED) is 0.233. The number of esters is 1. The van der Waals surface area contributed by atoms with Gasteiger partial charge in [-0.05, 0) is 24.3 Å². The van der Waals surface area contributed by atoms with E-state index in [1.165, 1.54) is 29.5 Å². The number of hydrogen-bond donors (Lipinski definition) is 2. The van der Waals surface area contributed by atoms with Gasteiger partial charge in [0.2, 0.25) is 0 Å². The summed E-state index contributed by atoms with van der Waals surface area (Å²) >= 11 is 2.56. The summed E-state index contributed by atoms with van der Waals surface area (Å²) in [5.74, 6) is -1.33. The van der Waals surface area contributed by atoms with Crippen LogP contribution in [0, 0.1) is 10.1 Å². The number of nitro benzene ring substituents is 1. The molecule has 0 aliphatic heterocycles. The third-order valence-corrected chi connectivity index (χ3v) is 6.08. The minimum absolute atomic E-state index is 0.0350. The van der Waals surface area contributed by atoms with Gasteiger partial charge in [0.1, 0.15) is 15.4 Å². The van der Waals surface area contributed by atoms with Crippen molar-refractivity contribution in [2.75, 3.05) is 17.2 Å². The number of hydrogen-bond acceptors (Lipinski definition) is 9. The van der Waals surface area contributed by atoms with Gasteiger partial charge in [-0.3, -0.25) is 14.9 Å². The van der Waals surface area contributed by atoms with Gasteiger partial charge in [-0.15, -0.1) is 11.3 Å². The molecule has 156 valence electrons. The summed E-state index contributed by atoms with van der Waals surface area (Å²) in [5, 5.41) is 17.3. The maximum atomic E-state index is 12.3. The Morgan fingerprint density at radius 2 is 1.81 bits per heavy atom. The fourth-order valence-corrected chi connectivity index (χ4v) is 4.69. The lowest BCUT2D eigenvalue weighted by Crippen LogP contribution is -2.21. The number of thiophene rings is 1. The van der Waals surface area contributed by atoms with Crippen LogP contribution in [0.25, 0.3) is 9.53 Å². The molecule has 0 aliphatic rings. The summed E-state index contributed by atoms with van der Waals surface area (Å²) in [5.41, 5.74) is 0.702. The molecule has 0 radical (unpaired) electrons. The van der Waals surface area contributed by atoms with Gasteiger partial charge in [-0.25, -0.2) is 9.78 Å². The highest BCUT2D eigenvalue weighted by molar-refractivity contribution is 7.29. The monoisotopic (exact) mass is 454 g/mol. The van der Waals surface area contributed by atoms with Crippen LogP contribution >= 0.6 is 22.7 Å². The molecule has 0 spiro atoms. The molecule has 11 heteroatoms. The summed E-state index contributed by atoms with van der Waals surface area (Å²) in [7, 11) is 0. The van der Waals surface area contributed by atoms with Gasteiger partial charge in [0.15, 0.2) is 11.7 Å². The van der Waals surface area contributed by atoms with Gasteiger partial charge >= 0.3 is 5.97 Å². The topological polar surface area (TPSA) is 123 Å². The first-order chi connectivity index (χ1) is 15.0. The predicted molar refractivity (Wildman–Crippen MR) is 119 cm³/mol. The fraction of sp³-hybridized carbons (Fsp3) is 0.0500. The van der Waals surface area contributed by atoms with Gasteiger partial charge in [-0.1, -0.05) is 41.7 Å². The summed E-state index contributed by atoms with van der Waals surface area (Å²) in [4.78, 5) is 40.2. The van der Waals surface area contributed by atoms with Crippen molar-refractivity contribution in [2.24, 2.45) is 0 Å². The molecule has 4 aromatic rings. The molecular formula is C20H14N4O5S2. The van der Waals surface area contributed by atoms with Gasteiger partial charge in [-0.2, -0.15) is 0 Å². The number of ether oxygens (including phenoxy) is 1. The normalized spacial score (nSPS) is 10.6. The number of nitrogens with one attached hydrogen (secondary N) is 2. The van der Waals surface area contributed by atoms with E-state index >= 15 is 0 Å². The van der Waals surface area contributed by atoms with Crippen LogP contribution in [-0.2, 0) is 9.53 Å². The van der Waals surface area contributed by atoms with E-state index in [0.717, 1.165) is 21.7 Å². The van der Waals surface area contributed by atoms with Gasteiger partial charge in [0.25, 0.3) is 11.6 Å². The van der Waals surface area contributed by atoms with Crippen LogP contribution in [-0.4, -0.2) is 28.4 Å². The van der Waals surface area contributed by atoms with Crippen molar-refractivity contribution in [3.05, 3.63) is 75.7 Å². The Hall–Kier alpha value is -3.83. The second-order valence-corrected chi connectivity index (χ2v) is 8.25. The van der Waals surface area contributed by atoms with E-state index in [0.29, 0.717) is 14.8 Å². The van der Waals surface area contributed by atoms with Gasteiger partial charge in [0, 0.05) is 11.8 Å². The average Bonchev–Trinajstić information content (AvgIpc) is 3.32. The molecule has 0 atom stereocenters. The SMILES string of the molecule is O=C(COC(=O)c1cc2sc(Nc3ccccc3)nc2s1)Nc1ccccc1[N+](=O)[O-]. The Bertz CT molecular complexity index is 1240. The number of fused-ring (bicyclic) bond motifs is 1. The maximum Gasteiger partial charge on any atom is 0.348 e. The fourth-order valence-electron chi connectivity index (χ4n) is 2.66. The molecule has 0 saturated heterocycles. The Morgan fingerprint density at radius 3 is 2.55 bits per heavy atom. The van der Waals surface area contributed by atoms with Crippen LogP contribution in [0.3, 0.4) is 0 Å². The number of rotatable bonds is 7. The van der Waals surface area contributed by atoms with Crippen molar-refractivity contribution in [3.8, 4) is 0 Å². The Kier molecular flexibility index (Phi) is 5.87. The number of anilines is 3. The molecule has 2 aromatic heterocycles. The maximum absolute atomic E-state index is 12.3. The molecule has 2 N–H and O–H groups in total. The second-order valence-electron chi connectivity index (χ2n) is 6.19. The van der Waals surface area contributed by atoms with Crippen LogP contribution in [0.4, 0.5) is 22.2 Å².